The zero-order valence-corrected chi connectivity index (χ0v) is 71.6. The molecule has 0 aliphatic carbocycles. The average molecular weight is 1690 g/mol. The zero-order valence-electron chi connectivity index (χ0n) is 71.6. The summed E-state index contributed by atoms with van der Waals surface area (Å²) in [5.74, 6) is 7.35. The van der Waals surface area contributed by atoms with E-state index in [2.05, 4.69) is 261 Å². The van der Waals surface area contributed by atoms with E-state index in [4.69, 9.17) is 59.8 Å². The molecule has 0 radical (unpaired) electrons. The van der Waals surface area contributed by atoms with Gasteiger partial charge in [0.1, 0.15) is 0 Å². The Morgan fingerprint density at radius 3 is 0.470 bits per heavy atom. The number of hydrogen-bond acceptors (Lipinski definition) is 12. The topological polar surface area (TPSA) is 155 Å². The van der Waals surface area contributed by atoms with Crippen molar-refractivity contribution in [3.8, 4) is 226 Å². The van der Waals surface area contributed by atoms with Crippen molar-refractivity contribution in [3.63, 3.8) is 0 Å². The second-order valence-corrected chi connectivity index (χ2v) is 31.9. The molecule has 4 aromatic heterocycles. The average Bonchev–Trinajstić information content (AvgIpc) is 0.813. The van der Waals surface area contributed by atoms with Crippen molar-refractivity contribution in [3.05, 3.63) is 485 Å². The molecule has 22 aromatic rings. The van der Waals surface area contributed by atoms with Gasteiger partial charge in [-0.3, -0.25) is 0 Å². The Morgan fingerprint density at radius 1 is 0.0758 bits per heavy atom. The van der Waals surface area contributed by atoms with E-state index in [9.17, 15) is 0 Å². The summed E-state index contributed by atoms with van der Waals surface area (Å²) in [6, 6.07) is 166. The highest BCUT2D eigenvalue weighted by Gasteiger charge is 2.22. The first-order chi connectivity index (χ1) is 65.3. The molecule has 0 saturated carbocycles. The Kier molecular flexibility index (Phi) is 23.1. The summed E-state index contributed by atoms with van der Waals surface area (Å²) in [6.45, 7) is 0. The molecule has 18 aromatic carbocycles. The van der Waals surface area contributed by atoms with Gasteiger partial charge in [-0.25, -0.2) is 59.8 Å². The SMILES string of the molecule is c1ccc(-c2cc(-c3cccc(-c4cccc(-c5cccc(-c6nc(-c7ccccc7)nc(-c7ccccc7)n6)c5)c4)c3)cc(-c3nc(-c4ccccc4)nc(-c4ccccc4-c4ccccc4)n3)c2)cc1.c1ccc(-c2cccc(-c3cccc(-c4nc(-c5ccccc5)nc(-c5cccc(-c6cccc(-c7nc(-c8ccccc8)nc(-c8ccccc8)n7)c6)c5)n4)c3)c2)cc1. The summed E-state index contributed by atoms with van der Waals surface area (Å²) in [5, 5.41) is 0. The highest BCUT2D eigenvalue weighted by Crippen LogP contribution is 2.41. The van der Waals surface area contributed by atoms with Crippen LogP contribution in [0, 0.1) is 0 Å². The van der Waals surface area contributed by atoms with Crippen molar-refractivity contribution in [2.75, 3.05) is 0 Å². The van der Waals surface area contributed by atoms with E-state index in [-0.39, 0.29) is 0 Å². The first-order valence-electron chi connectivity index (χ1n) is 43.9. The lowest BCUT2D eigenvalue weighted by Crippen LogP contribution is -2.01. The third kappa shape index (κ3) is 18.2. The standard InChI is InChI=1S/C66H44N6.C54H36N6/c1-6-21-45(22-7-1)56-42-57(44-58(43-56)65-70-63(49-29-14-5-15-30-49)71-66(72-65)60-38-17-16-37-59(60)46-23-8-2-9-24-46)54-35-19-33-52(40-54)50-31-18-32-51(39-50)53-34-20-36-55(41-53)64-68-61(47-25-10-3-11-26-47)67-62(69-64)48-27-12-4-13-28-48;1-5-17-37(18-6-1)41-25-13-26-42(33-41)43-27-14-31-47(34-43)53-58-51(40-23-11-4-12-24-40)59-54(60-53)48-32-16-29-45(36-48)44-28-15-30-46(35-44)52-56-49(38-19-7-2-8-20-38)55-50(57-52)39-21-9-3-10-22-39/h1-44H;1-36H. The largest absolute Gasteiger partial charge is 0.208 e. The first kappa shape index (κ1) is 81.1. The highest BCUT2D eigenvalue weighted by atomic mass is 15.1. The van der Waals surface area contributed by atoms with Crippen molar-refractivity contribution in [1.82, 2.24) is 59.8 Å². The molecule has 0 N–H and O–H groups in total. The minimum atomic E-state index is 0.589. The number of benzene rings is 18. The highest BCUT2D eigenvalue weighted by molar-refractivity contribution is 5.87. The fraction of sp³-hybridized carbons (Fsp3) is 0. The molecule has 12 nitrogen and oxygen atoms in total. The van der Waals surface area contributed by atoms with Crippen molar-refractivity contribution >= 4 is 0 Å². The number of aromatic nitrogens is 12. The van der Waals surface area contributed by atoms with Crippen LogP contribution in [0.5, 0.6) is 0 Å². The van der Waals surface area contributed by atoms with Gasteiger partial charge < -0.3 is 0 Å². The van der Waals surface area contributed by atoms with Crippen molar-refractivity contribution in [1.29, 1.82) is 0 Å². The lowest BCUT2D eigenvalue weighted by molar-refractivity contribution is 1.07. The van der Waals surface area contributed by atoms with Gasteiger partial charge in [-0.2, -0.15) is 0 Å². The fourth-order valence-corrected chi connectivity index (χ4v) is 16.5. The molecule has 0 unspecified atom stereocenters. The van der Waals surface area contributed by atoms with Crippen LogP contribution in [0.4, 0.5) is 0 Å². The van der Waals surface area contributed by atoms with E-state index in [1.165, 1.54) is 11.1 Å². The quantitative estimate of drug-likeness (QED) is 0.0713. The Labute approximate surface area is 765 Å². The summed E-state index contributed by atoms with van der Waals surface area (Å²) in [7, 11) is 0. The van der Waals surface area contributed by atoms with Gasteiger partial charge >= 0.3 is 0 Å². The molecule has 0 aliphatic heterocycles. The fourth-order valence-electron chi connectivity index (χ4n) is 16.5. The second-order valence-electron chi connectivity index (χ2n) is 31.9. The van der Waals surface area contributed by atoms with E-state index in [0.717, 1.165) is 145 Å². The van der Waals surface area contributed by atoms with Gasteiger partial charge in [0, 0.05) is 66.8 Å². The Morgan fingerprint density at radius 2 is 0.212 bits per heavy atom. The Balaban J connectivity index is 0.000000162. The molecule has 0 aliphatic rings. The second kappa shape index (κ2) is 37.7. The molecule has 132 heavy (non-hydrogen) atoms. The lowest BCUT2D eigenvalue weighted by atomic mass is 9.93. The lowest BCUT2D eigenvalue weighted by Gasteiger charge is -2.14. The van der Waals surface area contributed by atoms with E-state index < -0.39 is 0 Å². The summed E-state index contributed by atoms with van der Waals surface area (Å²) >= 11 is 0. The maximum absolute atomic E-state index is 5.29. The van der Waals surface area contributed by atoms with E-state index in [1.54, 1.807) is 0 Å². The van der Waals surface area contributed by atoms with Crippen LogP contribution >= 0.6 is 0 Å². The predicted octanol–water partition coefficient (Wildman–Crippen LogP) is 29.5. The maximum Gasteiger partial charge on any atom is 0.164 e. The first-order valence-corrected chi connectivity index (χ1v) is 43.9. The minimum absolute atomic E-state index is 0.589. The third-order valence-electron chi connectivity index (χ3n) is 23.1. The molecular weight excluding hydrogens is 1610 g/mol. The van der Waals surface area contributed by atoms with Crippen LogP contribution in [0.1, 0.15) is 0 Å². The van der Waals surface area contributed by atoms with Gasteiger partial charge in [-0.05, 0) is 150 Å². The molecule has 0 fully saturated rings. The molecule has 0 amide bonds. The smallest absolute Gasteiger partial charge is 0.164 e. The third-order valence-corrected chi connectivity index (χ3v) is 23.1. The van der Waals surface area contributed by atoms with Crippen LogP contribution in [-0.4, -0.2) is 59.8 Å². The molecule has 0 spiro atoms. The van der Waals surface area contributed by atoms with Gasteiger partial charge in [0.2, 0.25) is 0 Å². The van der Waals surface area contributed by atoms with E-state index in [1.807, 2.05) is 224 Å². The Bertz CT molecular complexity index is 7740. The molecular formula is C120H80N12. The molecule has 22 rings (SSSR count). The number of rotatable bonds is 20. The molecule has 12 heteroatoms. The van der Waals surface area contributed by atoms with E-state index >= 15 is 0 Å². The number of nitrogens with zero attached hydrogens (tertiary/aromatic N) is 12. The zero-order chi connectivity index (χ0) is 88.1. The minimum Gasteiger partial charge on any atom is -0.208 e. The Hall–Kier alpha value is -18.0. The summed E-state index contributed by atoms with van der Waals surface area (Å²) in [6.07, 6.45) is 0. The van der Waals surface area contributed by atoms with Crippen LogP contribution in [0.15, 0.2) is 485 Å². The normalized spacial score (nSPS) is 11.0. The van der Waals surface area contributed by atoms with Crippen LogP contribution in [0.3, 0.4) is 0 Å². The van der Waals surface area contributed by atoms with Gasteiger partial charge in [-0.15, -0.1) is 0 Å². The number of hydrogen-bond donors (Lipinski definition) is 0. The van der Waals surface area contributed by atoms with Gasteiger partial charge in [0.25, 0.3) is 0 Å². The van der Waals surface area contributed by atoms with Crippen LogP contribution in [0.25, 0.3) is 226 Å². The van der Waals surface area contributed by atoms with Crippen LogP contribution in [0.2, 0.25) is 0 Å². The molecule has 620 valence electrons. The van der Waals surface area contributed by atoms with E-state index in [0.29, 0.717) is 69.9 Å². The summed E-state index contributed by atoms with van der Waals surface area (Å²) in [4.78, 5) is 60.6. The van der Waals surface area contributed by atoms with Crippen LogP contribution in [-0.2, 0) is 0 Å². The molecule has 0 atom stereocenters. The van der Waals surface area contributed by atoms with Crippen molar-refractivity contribution in [2.45, 2.75) is 0 Å². The van der Waals surface area contributed by atoms with Crippen molar-refractivity contribution < 1.29 is 0 Å². The maximum atomic E-state index is 5.29. The molecule has 0 saturated heterocycles. The molecule has 4 heterocycles. The monoisotopic (exact) mass is 1690 g/mol. The van der Waals surface area contributed by atoms with Gasteiger partial charge in [0.05, 0.1) is 0 Å². The van der Waals surface area contributed by atoms with Crippen molar-refractivity contribution in [2.24, 2.45) is 0 Å². The van der Waals surface area contributed by atoms with Gasteiger partial charge in [-0.1, -0.05) is 425 Å². The van der Waals surface area contributed by atoms with Gasteiger partial charge in [0.15, 0.2) is 69.9 Å². The predicted molar refractivity (Wildman–Crippen MR) is 535 cm³/mol. The summed E-state index contributed by atoms with van der Waals surface area (Å²) < 4.78 is 0. The summed E-state index contributed by atoms with van der Waals surface area (Å²) in [5.41, 5.74) is 28.3. The molecule has 0 bridgehead atoms. The van der Waals surface area contributed by atoms with Crippen LogP contribution < -0.4 is 0 Å².